The normalized spacial score (nSPS) is 17.9. The maximum Gasteiger partial charge on any atom is 0.224 e. The minimum absolute atomic E-state index is 0.0991. The molecule has 0 bridgehead atoms. The first kappa shape index (κ1) is 15.8. The minimum atomic E-state index is 0.0991. The molecule has 0 aliphatic carbocycles. The zero-order valence-electron chi connectivity index (χ0n) is 13.8. The van der Waals surface area contributed by atoms with Gasteiger partial charge in [0, 0.05) is 58.3 Å². The highest BCUT2D eigenvalue weighted by Gasteiger charge is 2.23. The van der Waals surface area contributed by atoms with E-state index >= 15 is 0 Å². The smallest absolute Gasteiger partial charge is 0.224 e. The first-order valence-electron chi connectivity index (χ1n) is 8.51. The van der Waals surface area contributed by atoms with E-state index in [2.05, 4.69) is 29.2 Å². The molecule has 0 unspecified atom stereocenters. The molecule has 5 nitrogen and oxygen atoms in total. The Hall–Kier alpha value is -2.04. The van der Waals surface area contributed by atoms with Crippen molar-refractivity contribution in [3.63, 3.8) is 0 Å². The number of benzene rings is 1. The van der Waals surface area contributed by atoms with Crippen LogP contribution in [0.15, 0.2) is 24.3 Å². The molecule has 1 aromatic carbocycles. The molecule has 0 atom stereocenters. The maximum atomic E-state index is 12.4. The molecule has 0 radical (unpaired) electrons. The molecule has 0 spiro atoms. The average Bonchev–Trinajstić information content (AvgIpc) is 2.59. The summed E-state index contributed by atoms with van der Waals surface area (Å²) in [5, 5.41) is 0. The van der Waals surface area contributed by atoms with Gasteiger partial charge in [-0.25, -0.2) is 0 Å². The number of hydrogen-bond acceptors (Lipinski definition) is 3. The van der Waals surface area contributed by atoms with Gasteiger partial charge < -0.3 is 14.7 Å². The average molecular weight is 315 g/mol. The van der Waals surface area contributed by atoms with Crippen LogP contribution in [0.25, 0.3) is 0 Å². The van der Waals surface area contributed by atoms with Crippen LogP contribution in [-0.4, -0.2) is 60.9 Å². The Balaban J connectivity index is 1.51. The number of carbonyl (C=O) groups excluding carboxylic acids is 2. The molecule has 1 saturated heterocycles. The number of rotatable bonds is 3. The van der Waals surface area contributed by atoms with Crippen molar-refractivity contribution in [2.75, 3.05) is 44.2 Å². The largest absolute Gasteiger partial charge is 0.371 e. The number of amides is 2. The predicted octanol–water partition coefficient (Wildman–Crippen LogP) is 1.52. The van der Waals surface area contributed by atoms with Crippen LogP contribution >= 0.6 is 0 Å². The molecule has 1 aromatic rings. The van der Waals surface area contributed by atoms with Crippen molar-refractivity contribution in [3.8, 4) is 0 Å². The maximum absolute atomic E-state index is 12.4. The fourth-order valence-electron chi connectivity index (χ4n) is 3.50. The summed E-state index contributed by atoms with van der Waals surface area (Å²) in [7, 11) is 0. The number of hydrogen-bond donors (Lipinski definition) is 0. The second kappa shape index (κ2) is 7.02. The Morgan fingerprint density at radius 2 is 1.70 bits per heavy atom. The van der Waals surface area contributed by atoms with E-state index in [1.54, 1.807) is 6.92 Å². The number of carbonyl (C=O) groups is 2. The molecule has 0 saturated carbocycles. The van der Waals surface area contributed by atoms with Crippen LogP contribution in [0.2, 0.25) is 0 Å². The number of aryl methyl sites for hydroxylation is 1. The van der Waals surface area contributed by atoms with Gasteiger partial charge >= 0.3 is 0 Å². The van der Waals surface area contributed by atoms with Crippen LogP contribution in [-0.2, 0) is 16.0 Å². The third kappa shape index (κ3) is 3.66. The van der Waals surface area contributed by atoms with Crippen LogP contribution in [0, 0.1) is 0 Å². The Morgan fingerprint density at radius 3 is 2.43 bits per heavy atom. The molecule has 23 heavy (non-hydrogen) atoms. The first-order valence-corrected chi connectivity index (χ1v) is 8.51. The SMILES string of the molecule is CC(=O)N1CCN(C(=O)CCN2CCCc3ccccc32)CC1. The highest BCUT2D eigenvalue weighted by molar-refractivity contribution is 5.78. The monoisotopic (exact) mass is 315 g/mol. The lowest BCUT2D eigenvalue weighted by molar-refractivity contribution is -0.138. The quantitative estimate of drug-likeness (QED) is 0.849. The van der Waals surface area contributed by atoms with Crippen molar-refractivity contribution in [3.05, 3.63) is 29.8 Å². The Morgan fingerprint density at radius 1 is 1.00 bits per heavy atom. The molecule has 5 heteroatoms. The molecule has 124 valence electrons. The Labute approximate surface area is 137 Å². The standard InChI is InChI=1S/C18H25N3O2/c1-15(22)19-11-13-21(14-12-19)18(23)8-10-20-9-4-6-16-5-2-3-7-17(16)20/h2-3,5,7H,4,6,8-14H2,1H3. The van der Waals surface area contributed by atoms with Crippen molar-refractivity contribution in [1.82, 2.24) is 9.80 Å². The minimum Gasteiger partial charge on any atom is -0.371 e. The van der Waals surface area contributed by atoms with Gasteiger partial charge in [-0.2, -0.15) is 0 Å². The van der Waals surface area contributed by atoms with Gasteiger partial charge in [0.25, 0.3) is 0 Å². The zero-order valence-corrected chi connectivity index (χ0v) is 13.8. The van der Waals surface area contributed by atoms with Crippen LogP contribution in [0.1, 0.15) is 25.3 Å². The van der Waals surface area contributed by atoms with E-state index in [0.29, 0.717) is 32.6 Å². The molecule has 0 aromatic heterocycles. The van der Waals surface area contributed by atoms with Gasteiger partial charge in [-0.15, -0.1) is 0 Å². The molecular weight excluding hydrogens is 290 g/mol. The van der Waals surface area contributed by atoms with Gasteiger partial charge in [-0.3, -0.25) is 9.59 Å². The van der Waals surface area contributed by atoms with Crippen molar-refractivity contribution in [1.29, 1.82) is 0 Å². The number of para-hydroxylation sites is 1. The zero-order chi connectivity index (χ0) is 16.2. The molecule has 2 aliphatic rings. The van der Waals surface area contributed by atoms with Crippen molar-refractivity contribution >= 4 is 17.5 Å². The third-order valence-electron chi connectivity index (χ3n) is 4.88. The molecule has 2 aliphatic heterocycles. The first-order chi connectivity index (χ1) is 11.1. The number of piperazine rings is 1. The van der Waals surface area contributed by atoms with Gasteiger partial charge in [0.2, 0.25) is 11.8 Å². The van der Waals surface area contributed by atoms with E-state index in [4.69, 9.17) is 0 Å². The van der Waals surface area contributed by atoms with Gasteiger partial charge in [0.1, 0.15) is 0 Å². The molecular formula is C18H25N3O2. The summed E-state index contributed by atoms with van der Waals surface area (Å²) in [4.78, 5) is 29.8. The third-order valence-corrected chi connectivity index (χ3v) is 4.88. The molecule has 2 heterocycles. The van der Waals surface area contributed by atoms with Crippen molar-refractivity contribution in [2.45, 2.75) is 26.2 Å². The predicted molar refractivity (Wildman–Crippen MR) is 90.4 cm³/mol. The van der Waals surface area contributed by atoms with E-state index in [0.717, 1.165) is 25.9 Å². The fraction of sp³-hybridized carbons (Fsp3) is 0.556. The van der Waals surface area contributed by atoms with Gasteiger partial charge in [-0.1, -0.05) is 18.2 Å². The van der Waals surface area contributed by atoms with Gasteiger partial charge in [0.05, 0.1) is 0 Å². The summed E-state index contributed by atoms with van der Waals surface area (Å²) >= 11 is 0. The van der Waals surface area contributed by atoms with Crippen LogP contribution in [0.4, 0.5) is 5.69 Å². The summed E-state index contributed by atoms with van der Waals surface area (Å²) < 4.78 is 0. The second-order valence-corrected chi connectivity index (χ2v) is 6.36. The fourth-order valence-corrected chi connectivity index (χ4v) is 3.50. The highest BCUT2D eigenvalue weighted by Crippen LogP contribution is 2.26. The Kier molecular flexibility index (Phi) is 4.84. The lowest BCUT2D eigenvalue weighted by Crippen LogP contribution is -2.50. The van der Waals surface area contributed by atoms with Crippen LogP contribution < -0.4 is 4.90 Å². The van der Waals surface area contributed by atoms with Crippen LogP contribution in [0.5, 0.6) is 0 Å². The summed E-state index contributed by atoms with van der Waals surface area (Å²) in [6, 6.07) is 8.50. The van der Waals surface area contributed by atoms with E-state index in [9.17, 15) is 9.59 Å². The summed E-state index contributed by atoms with van der Waals surface area (Å²) in [5.74, 6) is 0.304. The lowest BCUT2D eigenvalue weighted by Gasteiger charge is -2.35. The topological polar surface area (TPSA) is 43.9 Å². The lowest BCUT2D eigenvalue weighted by atomic mass is 10.0. The van der Waals surface area contributed by atoms with E-state index in [1.165, 1.54) is 11.3 Å². The molecule has 1 fully saturated rings. The van der Waals surface area contributed by atoms with E-state index < -0.39 is 0 Å². The van der Waals surface area contributed by atoms with E-state index in [-0.39, 0.29) is 11.8 Å². The number of anilines is 1. The van der Waals surface area contributed by atoms with E-state index in [1.807, 2.05) is 9.80 Å². The van der Waals surface area contributed by atoms with Crippen LogP contribution in [0.3, 0.4) is 0 Å². The summed E-state index contributed by atoms with van der Waals surface area (Å²) in [6.07, 6.45) is 2.84. The number of nitrogens with zero attached hydrogens (tertiary/aromatic N) is 3. The van der Waals surface area contributed by atoms with Gasteiger partial charge in [-0.05, 0) is 24.5 Å². The van der Waals surface area contributed by atoms with Gasteiger partial charge in [0.15, 0.2) is 0 Å². The molecule has 0 N–H and O–H groups in total. The summed E-state index contributed by atoms with van der Waals surface area (Å²) in [6.45, 7) is 6.04. The second-order valence-electron chi connectivity index (χ2n) is 6.36. The Bertz CT molecular complexity index is 579. The highest BCUT2D eigenvalue weighted by atomic mass is 16.2. The number of fused-ring (bicyclic) bond motifs is 1. The molecule has 3 rings (SSSR count). The summed E-state index contributed by atoms with van der Waals surface area (Å²) in [5.41, 5.74) is 2.68. The molecule has 2 amide bonds. The van der Waals surface area contributed by atoms with Crippen molar-refractivity contribution in [2.24, 2.45) is 0 Å². The van der Waals surface area contributed by atoms with Crippen molar-refractivity contribution < 1.29 is 9.59 Å².